The van der Waals surface area contributed by atoms with Crippen molar-refractivity contribution in [2.75, 3.05) is 7.11 Å². The van der Waals surface area contributed by atoms with E-state index in [1.807, 2.05) is 0 Å². The highest BCUT2D eigenvalue weighted by Crippen LogP contribution is 2.41. The van der Waals surface area contributed by atoms with Gasteiger partial charge in [-0.15, -0.1) is 0 Å². The molecule has 1 aliphatic rings. The Morgan fingerprint density at radius 1 is 1.33 bits per heavy atom. The highest BCUT2D eigenvalue weighted by Gasteiger charge is 2.40. The highest BCUT2D eigenvalue weighted by atomic mass is 19.4. The Balaban J connectivity index is 1.98. The maximum absolute atomic E-state index is 12.4. The Morgan fingerprint density at radius 2 is 1.94 bits per heavy atom. The van der Waals surface area contributed by atoms with Crippen LogP contribution in [-0.2, 0) is 10.9 Å². The Bertz CT molecular complexity index is 442. The second-order valence-electron chi connectivity index (χ2n) is 4.20. The summed E-state index contributed by atoms with van der Waals surface area (Å²) in [6.07, 6.45) is -4.11. The summed E-state index contributed by atoms with van der Waals surface area (Å²) in [6.45, 7) is 0. The number of methoxy groups -OCH3 is 1. The number of rotatable bonds is 2. The molecule has 1 N–H and O–H groups in total. The number of amides is 1. The summed E-state index contributed by atoms with van der Waals surface area (Å²) < 4.78 is 41.5. The average molecular weight is 259 g/mol. The minimum absolute atomic E-state index is 0.0470. The van der Waals surface area contributed by atoms with Crippen molar-refractivity contribution in [2.24, 2.45) is 0 Å². The van der Waals surface area contributed by atoms with Crippen molar-refractivity contribution in [3.63, 3.8) is 0 Å². The van der Waals surface area contributed by atoms with Gasteiger partial charge in [0.05, 0.1) is 12.7 Å². The van der Waals surface area contributed by atoms with Gasteiger partial charge in [0.15, 0.2) is 0 Å². The topological polar surface area (TPSA) is 38.3 Å². The molecule has 0 aliphatic heterocycles. The fourth-order valence-electron chi connectivity index (χ4n) is 1.85. The van der Waals surface area contributed by atoms with Crippen molar-refractivity contribution >= 4 is 6.09 Å². The number of nitrogens with one attached hydrogen (secondary N) is 1. The van der Waals surface area contributed by atoms with Gasteiger partial charge >= 0.3 is 12.3 Å². The molecule has 1 amide bonds. The zero-order valence-corrected chi connectivity index (χ0v) is 9.62. The molecule has 2 rings (SSSR count). The number of ether oxygens (including phenoxy) is 1. The SMILES string of the molecule is COC(=O)N[C@@H]1C[C@@H]1c1ccc(C(F)(F)F)cc1. The first-order valence-electron chi connectivity index (χ1n) is 5.43. The van der Waals surface area contributed by atoms with Gasteiger partial charge in [-0.3, -0.25) is 0 Å². The molecule has 2 atom stereocenters. The van der Waals surface area contributed by atoms with E-state index >= 15 is 0 Å². The minimum atomic E-state index is -4.31. The maximum Gasteiger partial charge on any atom is 0.416 e. The summed E-state index contributed by atoms with van der Waals surface area (Å²) in [5, 5.41) is 2.61. The number of halogens is 3. The Morgan fingerprint density at radius 3 is 2.44 bits per heavy atom. The molecule has 0 aromatic heterocycles. The summed E-state index contributed by atoms with van der Waals surface area (Å²) in [4.78, 5) is 10.9. The van der Waals surface area contributed by atoms with Crippen LogP contribution in [0.5, 0.6) is 0 Å². The third-order valence-corrected chi connectivity index (χ3v) is 2.95. The molecule has 1 aromatic carbocycles. The number of hydrogen-bond acceptors (Lipinski definition) is 2. The summed E-state index contributed by atoms with van der Waals surface area (Å²) in [5.74, 6) is 0.0754. The van der Waals surface area contributed by atoms with E-state index in [0.717, 1.165) is 24.1 Å². The number of carbonyl (C=O) groups excluding carboxylic acids is 1. The molecule has 1 aliphatic carbocycles. The quantitative estimate of drug-likeness (QED) is 0.886. The molecule has 98 valence electrons. The first kappa shape index (κ1) is 12.7. The van der Waals surface area contributed by atoms with Crippen LogP contribution in [0.25, 0.3) is 0 Å². The van der Waals surface area contributed by atoms with Crippen molar-refractivity contribution in [1.29, 1.82) is 0 Å². The lowest BCUT2D eigenvalue weighted by molar-refractivity contribution is -0.137. The molecule has 0 radical (unpaired) electrons. The van der Waals surface area contributed by atoms with Crippen LogP contribution in [0.15, 0.2) is 24.3 Å². The minimum Gasteiger partial charge on any atom is -0.453 e. The molecule has 0 bridgehead atoms. The number of benzene rings is 1. The van der Waals surface area contributed by atoms with Crippen molar-refractivity contribution in [3.05, 3.63) is 35.4 Å². The Labute approximate surface area is 102 Å². The zero-order valence-electron chi connectivity index (χ0n) is 9.62. The molecule has 18 heavy (non-hydrogen) atoms. The van der Waals surface area contributed by atoms with Gasteiger partial charge in [-0.2, -0.15) is 13.2 Å². The number of carbonyl (C=O) groups is 1. The lowest BCUT2D eigenvalue weighted by Crippen LogP contribution is -2.26. The van der Waals surface area contributed by atoms with Crippen LogP contribution >= 0.6 is 0 Å². The van der Waals surface area contributed by atoms with Gasteiger partial charge in [0.2, 0.25) is 0 Å². The van der Waals surface area contributed by atoms with Gasteiger partial charge in [-0.25, -0.2) is 4.79 Å². The van der Waals surface area contributed by atoms with Crippen LogP contribution in [0.3, 0.4) is 0 Å². The molecule has 0 heterocycles. The number of alkyl halides is 3. The molecule has 6 heteroatoms. The van der Waals surface area contributed by atoms with E-state index in [1.165, 1.54) is 19.2 Å². The van der Waals surface area contributed by atoms with E-state index in [1.54, 1.807) is 0 Å². The van der Waals surface area contributed by atoms with Crippen molar-refractivity contribution in [1.82, 2.24) is 5.32 Å². The first-order valence-corrected chi connectivity index (χ1v) is 5.43. The van der Waals surface area contributed by atoms with Crippen molar-refractivity contribution in [3.8, 4) is 0 Å². The van der Waals surface area contributed by atoms with Gasteiger partial charge in [-0.1, -0.05) is 12.1 Å². The fourth-order valence-corrected chi connectivity index (χ4v) is 1.85. The van der Waals surface area contributed by atoms with Crippen LogP contribution in [0, 0.1) is 0 Å². The number of hydrogen-bond donors (Lipinski definition) is 1. The summed E-state index contributed by atoms with van der Waals surface area (Å²) in [7, 11) is 1.27. The average Bonchev–Trinajstić information content (AvgIpc) is 3.07. The van der Waals surface area contributed by atoms with Crippen molar-refractivity contribution < 1.29 is 22.7 Å². The molecule has 1 saturated carbocycles. The van der Waals surface area contributed by atoms with E-state index in [2.05, 4.69) is 10.1 Å². The predicted octanol–water partition coefficient (Wildman–Crippen LogP) is 2.92. The Kier molecular flexibility index (Phi) is 3.19. The summed E-state index contributed by atoms with van der Waals surface area (Å²) in [5.41, 5.74) is 0.133. The maximum atomic E-state index is 12.4. The van der Waals surface area contributed by atoms with Crippen LogP contribution < -0.4 is 5.32 Å². The van der Waals surface area contributed by atoms with Crippen molar-refractivity contribution in [2.45, 2.75) is 24.6 Å². The first-order chi connectivity index (χ1) is 8.41. The Hall–Kier alpha value is -1.72. The second kappa shape index (κ2) is 4.51. The van der Waals surface area contributed by atoms with Gasteiger partial charge in [0, 0.05) is 12.0 Å². The third kappa shape index (κ3) is 2.75. The summed E-state index contributed by atoms with van der Waals surface area (Å²) >= 11 is 0. The molecular weight excluding hydrogens is 247 g/mol. The van der Waals surface area contributed by atoms with E-state index in [0.29, 0.717) is 0 Å². The highest BCUT2D eigenvalue weighted by molar-refractivity contribution is 5.68. The van der Waals surface area contributed by atoms with E-state index < -0.39 is 17.8 Å². The molecule has 3 nitrogen and oxygen atoms in total. The molecule has 0 saturated heterocycles. The van der Waals surface area contributed by atoms with Gasteiger partial charge in [0.25, 0.3) is 0 Å². The van der Waals surface area contributed by atoms with Crippen LogP contribution in [0.2, 0.25) is 0 Å². The van der Waals surface area contributed by atoms with Crippen LogP contribution in [0.4, 0.5) is 18.0 Å². The van der Waals surface area contributed by atoms with Crippen LogP contribution in [0.1, 0.15) is 23.5 Å². The zero-order chi connectivity index (χ0) is 13.3. The monoisotopic (exact) mass is 259 g/mol. The van der Waals surface area contributed by atoms with E-state index in [9.17, 15) is 18.0 Å². The van der Waals surface area contributed by atoms with Crippen LogP contribution in [-0.4, -0.2) is 19.2 Å². The standard InChI is InChI=1S/C12H12F3NO2/c1-18-11(17)16-10-6-9(10)7-2-4-8(5-3-7)12(13,14)15/h2-5,9-10H,6H2,1H3,(H,16,17)/t9-,10-/m1/s1. The van der Waals surface area contributed by atoms with Gasteiger partial charge in [0.1, 0.15) is 0 Å². The smallest absolute Gasteiger partial charge is 0.416 e. The normalized spacial score (nSPS) is 22.4. The van der Waals surface area contributed by atoms with Gasteiger partial charge in [-0.05, 0) is 24.1 Å². The lowest BCUT2D eigenvalue weighted by atomic mass is 10.1. The number of alkyl carbamates (subject to hydrolysis) is 1. The predicted molar refractivity (Wildman–Crippen MR) is 58.1 cm³/mol. The molecule has 0 spiro atoms. The van der Waals surface area contributed by atoms with Gasteiger partial charge < -0.3 is 10.1 Å². The fraction of sp³-hybridized carbons (Fsp3) is 0.417. The largest absolute Gasteiger partial charge is 0.453 e. The molecule has 0 unspecified atom stereocenters. The lowest BCUT2D eigenvalue weighted by Gasteiger charge is -2.07. The third-order valence-electron chi connectivity index (χ3n) is 2.95. The molecule has 1 aromatic rings. The summed E-state index contributed by atoms with van der Waals surface area (Å²) in [6, 6.07) is 4.97. The van der Waals surface area contributed by atoms with E-state index in [4.69, 9.17) is 0 Å². The van der Waals surface area contributed by atoms with E-state index in [-0.39, 0.29) is 12.0 Å². The molecular formula is C12H12F3NO2. The molecule has 1 fully saturated rings. The second-order valence-corrected chi connectivity index (χ2v) is 4.20.